The van der Waals surface area contributed by atoms with E-state index in [9.17, 15) is 24.3 Å². The maximum atomic E-state index is 12.7. The molecule has 30 heavy (non-hydrogen) atoms. The summed E-state index contributed by atoms with van der Waals surface area (Å²) in [6.07, 6.45) is 3.89. The molecule has 3 aliphatic heterocycles. The third-order valence-electron chi connectivity index (χ3n) is 6.39. The predicted octanol–water partition coefficient (Wildman–Crippen LogP) is 0.677. The Bertz CT molecular complexity index is 827. The molecule has 0 bridgehead atoms. The molecule has 0 N–H and O–H groups in total. The quantitative estimate of drug-likeness (QED) is 0.484. The molecule has 4 amide bonds. The van der Waals surface area contributed by atoms with E-state index < -0.39 is 18.1 Å². The van der Waals surface area contributed by atoms with Gasteiger partial charge in [0.05, 0.1) is 12.0 Å². The van der Waals surface area contributed by atoms with E-state index in [2.05, 4.69) is 0 Å². The molecule has 2 atom stereocenters. The summed E-state index contributed by atoms with van der Waals surface area (Å²) in [4.78, 5) is 53.2. The number of aliphatic carboxylic acids is 1. The maximum absolute atomic E-state index is 12.7. The number of carbonyl (C=O) groups is 4. The molecule has 0 spiro atoms. The SMILES string of the molecule is O=C([O-])[C@@H]1CCCN1C(=O)CCCCCN1C(=O)[C@@H]2Cc3ccccc3CN2C1=O. The number of likely N-dealkylation sites (tertiary alicyclic amines) is 1. The number of fused-ring (bicyclic) bond motifs is 2. The fraction of sp³-hybridized carbons (Fsp3) is 0.545. The van der Waals surface area contributed by atoms with E-state index >= 15 is 0 Å². The minimum absolute atomic E-state index is 0.139. The van der Waals surface area contributed by atoms with E-state index in [4.69, 9.17) is 0 Å². The number of carboxylic acid groups (broad SMARTS) is 1. The zero-order chi connectivity index (χ0) is 21.3. The van der Waals surface area contributed by atoms with Crippen LogP contribution in [0, 0.1) is 0 Å². The molecule has 1 aromatic rings. The summed E-state index contributed by atoms with van der Waals surface area (Å²) < 4.78 is 0. The Kier molecular flexibility index (Phi) is 5.74. The van der Waals surface area contributed by atoms with Gasteiger partial charge in [-0.25, -0.2) is 4.79 Å². The molecule has 2 saturated heterocycles. The average molecular weight is 412 g/mol. The molecule has 0 aromatic heterocycles. The van der Waals surface area contributed by atoms with Crippen molar-refractivity contribution >= 4 is 23.8 Å². The van der Waals surface area contributed by atoms with Crippen LogP contribution < -0.4 is 5.11 Å². The first-order valence-electron chi connectivity index (χ1n) is 10.7. The van der Waals surface area contributed by atoms with Gasteiger partial charge in [0.1, 0.15) is 6.04 Å². The van der Waals surface area contributed by atoms with E-state index in [1.807, 2.05) is 24.3 Å². The number of hydrogen-bond acceptors (Lipinski definition) is 5. The molecular weight excluding hydrogens is 386 g/mol. The van der Waals surface area contributed by atoms with E-state index in [0.29, 0.717) is 58.2 Å². The molecule has 8 heteroatoms. The average Bonchev–Trinajstić information content (AvgIpc) is 3.32. The van der Waals surface area contributed by atoms with Crippen molar-refractivity contribution in [2.45, 2.75) is 63.6 Å². The van der Waals surface area contributed by atoms with E-state index in [0.717, 1.165) is 11.1 Å². The summed E-state index contributed by atoms with van der Waals surface area (Å²) >= 11 is 0. The zero-order valence-electron chi connectivity index (χ0n) is 16.9. The largest absolute Gasteiger partial charge is 0.548 e. The Morgan fingerprint density at radius 2 is 1.83 bits per heavy atom. The van der Waals surface area contributed by atoms with Gasteiger partial charge < -0.3 is 19.7 Å². The Hall–Kier alpha value is -2.90. The first-order valence-corrected chi connectivity index (χ1v) is 10.7. The molecule has 3 aliphatic rings. The number of hydrogen-bond donors (Lipinski definition) is 0. The number of imide groups is 1. The van der Waals surface area contributed by atoms with Gasteiger partial charge in [0.15, 0.2) is 0 Å². The summed E-state index contributed by atoms with van der Waals surface area (Å²) in [7, 11) is 0. The highest BCUT2D eigenvalue weighted by Gasteiger charge is 2.46. The molecular formula is C22H26N3O5-. The van der Waals surface area contributed by atoms with Gasteiger partial charge in [-0.05, 0) is 36.8 Å². The summed E-state index contributed by atoms with van der Waals surface area (Å²) in [6, 6.07) is 6.45. The third-order valence-corrected chi connectivity index (χ3v) is 6.39. The van der Waals surface area contributed by atoms with Crippen LogP contribution >= 0.6 is 0 Å². The second-order valence-electron chi connectivity index (χ2n) is 8.26. The van der Waals surface area contributed by atoms with Crippen molar-refractivity contribution in [3.05, 3.63) is 35.4 Å². The summed E-state index contributed by atoms with van der Waals surface area (Å²) in [6.45, 7) is 1.28. The van der Waals surface area contributed by atoms with Crippen LogP contribution in [-0.4, -0.2) is 63.7 Å². The highest BCUT2D eigenvalue weighted by atomic mass is 16.4. The first kappa shape index (κ1) is 20.4. The summed E-state index contributed by atoms with van der Waals surface area (Å²) in [5, 5.41) is 11.1. The lowest BCUT2D eigenvalue weighted by Crippen LogP contribution is -2.46. The van der Waals surface area contributed by atoms with Crippen LogP contribution in [0.2, 0.25) is 0 Å². The van der Waals surface area contributed by atoms with Crippen LogP contribution in [0.1, 0.15) is 49.7 Å². The Morgan fingerprint density at radius 1 is 1.07 bits per heavy atom. The van der Waals surface area contributed by atoms with Gasteiger partial charge in [-0.3, -0.25) is 14.5 Å². The fourth-order valence-electron chi connectivity index (χ4n) is 4.76. The topological polar surface area (TPSA) is 101 Å². The highest BCUT2D eigenvalue weighted by molar-refractivity contribution is 6.04. The molecule has 0 saturated carbocycles. The van der Waals surface area contributed by atoms with Crippen molar-refractivity contribution in [3.63, 3.8) is 0 Å². The summed E-state index contributed by atoms with van der Waals surface area (Å²) in [5.41, 5.74) is 2.21. The lowest BCUT2D eigenvalue weighted by molar-refractivity contribution is -0.310. The van der Waals surface area contributed by atoms with Crippen molar-refractivity contribution < 1.29 is 24.3 Å². The molecule has 0 radical (unpaired) electrons. The van der Waals surface area contributed by atoms with Gasteiger partial charge in [0.2, 0.25) is 5.91 Å². The van der Waals surface area contributed by atoms with Gasteiger partial charge in [-0.15, -0.1) is 0 Å². The fourth-order valence-corrected chi connectivity index (χ4v) is 4.76. The van der Waals surface area contributed by atoms with Crippen molar-refractivity contribution in [3.8, 4) is 0 Å². The Labute approximate surface area is 175 Å². The second-order valence-corrected chi connectivity index (χ2v) is 8.26. The van der Waals surface area contributed by atoms with E-state index in [1.54, 1.807) is 4.90 Å². The van der Waals surface area contributed by atoms with Crippen LogP contribution in [0.25, 0.3) is 0 Å². The number of nitrogens with zero attached hydrogens (tertiary/aromatic N) is 3. The number of amides is 4. The first-order chi connectivity index (χ1) is 14.5. The lowest BCUT2D eigenvalue weighted by Gasteiger charge is -2.28. The molecule has 4 rings (SSSR count). The van der Waals surface area contributed by atoms with Gasteiger partial charge in [0.25, 0.3) is 5.91 Å². The second kappa shape index (κ2) is 8.45. The standard InChI is InChI=1S/C22H27N3O5/c26-19(23-12-6-9-17(23)21(28)29)10-2-1-5-11-24-20(27)18-13-15-7-3-4-8-16(15)14-25(18)22(24)30/h3-4,7-8,17-18H,1-2,5-6,9-14H2,(H,28,29)/p-1/t17-,18-/m0/s1. The number of carboxylic acids is 1. The van der Waals surface area contributed by atoms with E-state index in [1.165, 1.54) is 9.80 Å². The summed E-state index contributed by atoms with van der Waals surface area (Å²) in [5.74, 6) is -1.49. The highest BCUT2D eigenvalue weighted by Crippen LogP contribution is 2.30. The van der Waals surface area contributed by atoms with Crippen molar-refractivity contribution in [1.82, 2.24) is 14.7 Å². The van der Waals surface area contributed by atoms with Crippen LogP contribution in [0.5, 0.6) is 0 Å². The van der Waals surface area contributed by atoms with Gasteiger partial charge >= 0.3 is 6.03 Å². The molecule has 2 fully saturated rings. The number of rotatable bonds is 7. The Morgan fingerprint density at radius 3 is 2.60 bits per heavy atom. The monoisotopic (exact) mass is 412 g/mol. The smallest absolute Gasteiger partial charge is 0.327 e. The molecule has 0 unspecified atom stereocenters. The lowest BCUT2D eigenvalue weighted by atomic mass is 9.95. The van der Waals surface area contributed by atoms with Crippen LogP contribution in [0.4, 0.5) is 4.79 Å². The minimum Gasteiger partial charge on any atom is -0.548 e. The molecule has 0 aliphatic carbocycles. The predicted molar refractivity (Wildman–Crippen MR) is 105 cm³/mol. The van der Waals surface area contributed by atoms with Gasteiger partial charge in [-0.1, -0.05) is 30.7 Å². The van der Waals surface area contributed by atoms with Gasteiger partial charge in [0, 0.05) is 32.5 Å². The van der Waals surface area contributed by atoms with Crippen molar-refractivity contribution in [2.75, 3.05) is 13.1 Å². The number of benzene rings is 1. The van der Waals surface area contributed by atoms with Crippen LogP contribution in [0.15, 0.2) is 24.3 Å². The van der Waals surface area contributed by atoms with E-state index in [-0.39, 0.29) is 24.3 Å². The van der Waals surface area contributed by atoms with Crippen molar-refractivity contribution in [1.29, 1.82) is 0 Å². The Balaban J connectivity index is 1.23. The number of urea groups is 1. The molecule has 8 nitrogen and oxygen atoms in total. The molecule has 160 valence electrons. The maximum Gasteiger partial charge on any atom is 0.327 e. The molecule has 1 aromatic carbocycles. The third kappa shape index (κ3) is 3.78. The van der Waals surface area contributed by atoms with Gasteiger partial charge in [-0.2, -0.15) is 0 Å². The van der Waals surface area contributed by atoms with Crippen LogP contribution in [0.3, 0.4) is 0 Å². The normalized spacial score (nSPS) is 23.0. The number of carbonyl (C=O) groups excluding carboxylic acids is 4. The number of unbranched alkanes of at least 4 members (excludes halogenated alkanes) is 2. The minimum atomic E-state index is -1.19. The van der Waals surface area contributed by atoms with Crippen molar-refractivity contribution in [2.24, 2.45) is 0 Å². The molecule has 3 heterocycles. The van der Waals surface area contributed by atoms with Crippen LogP contribution in [-0.2, 0) is 27.3 Å². The zero-order valence-corrected chi connectivity index (χ0v) is 16.9.